The summed E-state index contributed by atoms with van der Waals surface area (Å²) in [6.45, 7) is 5.62. The molecule has 5 heteroatoms. The summed E-state index contributed by atoms with van der Waals surface area (Å²) in [5, 5.41) is 13.5. The Morgan fingerprint density at radius 3 is 2.76 bits per heavy atom. The van der Waals surface area contributed by atoms with Crippen LogP contribution in [-0.2, 0) is 4.79 Å². The number of carbonyl (C=O) groups is 1. The molecule has 0 fully saturated rings. The fourth-order valence-electron chi connectivity index (χ4n) is 2.12. The first kappa shape index (κ1) is 15.4. The number of amides is 1. The van der Waals surface area contributed by atoms with Crippen molar-refractivity contribution in [1.29, 1.82) is 0 Å². The lowest BCUT2D eigenvalue weighted by Crippen LogP contribution is -2.31. The molecule has 0 aliphatic heterocycles. The molecule has 4 nitrogen and oxygen atoms in total. The predicted molar refractivity (Wildman–Crippen MR) is 83.6 cm³/mol. The number of thioether (sulfide) groups is 1. The molecule has 2 N–H and O–H groups in total. The largest absolute Gasteiger partial charge is 0.326 e. The second-order valence-electron chi connectivity index (χ2n) is 4.90. The molecule has 0 aliphatic rings. The van der Waals surface area contributed by atoms with E-state index in [9.17, 15) is 10.0 Å². The normalized spacial score (nSPS) is 12.0. The maximum Gasteiger partial charge on any atom is 0.291 e. The van der Waals surface area contributed by atoms with Crippen molar-refractivity contribution in [2.75, 3.05) is 5.32 Å². The molecule has 1 amide bonds. The number of hydrogen-bond acceptors (Lipinski definition) is 3. The first-order valence-electron chi connectivity index (χ1n) is 6.72. The van der Waals surface area contributed by atoms with Gasteiger partial charge in [0.25, 0.3) is 5.03 Å². The number of aryl methyl sites for hydroxylation is 1. The Balaban J connectivity index is 2.24. The van der Waals surface area contributed by atoms with E-state index in [2.05, 4.69) is 12.2 Å². The number of pyridine rings is 1. The Bertz CT molecular complexity index is 658. The van der Waals surface area contributed by atoms with Crippen molar-refractivity contribution in [3.05, 3.63) is 53.7 Å². The van der Waals surface area contributed by atoms with Gasteiger partial charge in [0.15, 0.2) is 0 Å². The van der Waals surface area contributed by atoms with E-state index in [4.69, 9.17) is 0 Å². The summed E-state index contributed by atoms with van der Waals surface area (Å²) in [7, 11) is 0. The average Bonchev–Trinajstić information content (AvgIpc) is 2.43. The van der Waals surface area contributed by atoms with E-state index in [1.54, 1.807) is 24.0 Å². The topological polar surface area (TPSA) is 53.2 Å². The number of anilines is 1. The third-order valence-corrected chi connectivity index (χ3v) is 4.31. The van der Waals surface area contributed by atoms with Gasteiger partial charge in [0.2, 0.25) is 12.1 Å². The van der Waals surface area contributed by atoms with Crippen LogP contribution in [0, 0.1) is 6.92 Å². The zero-order chi connectivity index (χ0) is 15.4. The predicted octanol–water partition coefficient (Wildman–Crippen LogP) is 3.33. The average molecular weight is 303 g/mol. The summed E-state index contributed by atoms with van der Waals surface area (Å²) in [4.78, 5) is 11.2. The lowest BCUT2D eigenvalue weighted by molar-refractivity contribution is -0.932. The highest BCUT2D eigenvalue weighted by molar-refractivity contribution is 7.99. The molecule has 0 aliphatic carbocycles. The van der Waals surface area contributed by atoms with Gasteiger partial charge in [0.1, 0.15) is 0 Å². The van der Waals surface area contributed by atoms with Crippen LogP contribution in [0.5, 0.6) is 0 Å². The first-order chi connectivity index (χ1) is 9.97. The van der Waals surface area contributed by atoms with Crippen LogP contribution in [0.25, 0.3) is 0 Å². The maximum atomic E-state index is 11.2. The summed E-state index contributed by atoms with van der Waals surface area (Å²) in [5.41, 5.74) is 3.08. The van der Waals surface area contributed by atoms with Crippen LogP contribution in [0.1, 0.15) is 30.2 Å². The van der Waals surface area contributed by atoms with Gasteiger partial charge in [-0.25, -0.2) is 0 Å². The van der Waals surface area contributed by atoms with E-state index in [0.717, 1.165) is 26.6 Å². The minimum absolute atomic E-state index is 0.0821. The van der Waals surface area contributed by atoms with Gasteiger partial charge in [0, 0.05) is 34.7 Å². The molecule has 21 heavy (non-hydrogen) atoms. The minimum atomic E-state index is -0.0821. The Hall–Kier alpha value is -2.01. The highest BCUT2D eigenvalue weighted by Gasteiger charge is 2.17. The Labute approximate surface area is 128 Å². The summed E-state index contributed by atoms with van der Waals surface area (Å²) in [6, 6.07) is 11.4. The van der Waals surface area contributed by atoms with Gasteiger partial charge in [-0.05, 0) is 54.9 Å². The lowest BCUT2D eigenvalue weighted by Gasteiger charge is -2.14. The van der Waals surface area contributed by atoms with Crippen LogP contribution in [-0.4, -0.2) is 11.1 Å². The van der Waals surface area contributed by atoms with Gasteiger partial charge in [-0.1, -0.05) is 6.07 Å². The highest BCUT2D eigenvalue weighted by Crippen LogP contribution is 2.35. The molecule has 0 saturated carbocycles. The number of nitrogens with zero attached hydrogens (tertiary/aromatic N) is 1. The van der Waals surface area contributed by atoms with E-state index in [0.29, 0.717) is 0 Å². The highest BCUT2D eigenvalue weighted by atomic mass is 32.2. The number of rotatable bonds is 4. The van der Waals surface area contributed by atoms with Crippen LogP contribution >= 0.6 is 11.8 Å². The van der Waals surface area contributed by atoms with Gasteiger partial charge in [-0.3, -0.25) is 10.0 Å². The smallest absolute Gasteiger partial charge is 0.291 e. The molecule has 2 rings (SSSR count). The number of benzene rings is 1. The quantitative estimate of drug-likeness (QED) is 0.517. The zero-order valence-electron chi connectivity index (χ0n) is 12.3. The summed E-state index contributed by atoms with van der Waals surface area (Å²) in [5.74, 6) is -0.0821. The monoisotopic (exact) mass is 303 g/mol. The van der Waals surface area contributed by atoms with Crippen molar-refractivity contribution in [2.45, 2.75) is 31.0 Å². The molecule has 0 spiro atoms. The zero-order valence-corrected chi connectivity index (χ0v) is 13.1. The van der Waals surface area contributed by atoms with Crippen molar-refractivity contribution < 1.29 is 14.7 Å². The first-order valence-corrected chi connectivity index (χ1v) is 7.60. The Kier molecular flexibility index (Phi) is 4.85. The van der Waals surface area contributed by atoms with Crippen molar-refractivity contribution in [1.82, 2.24) is 0 Å². The lowest BCUT2D eigenvalue weighted by atomic mass is 10.1. The Morgan fingerprint density at radius 2 is 2.10 bits per heavy atom. The standard InChI is InChI=1S/C16H18N2O2S/c1-11-7-8-14(17-13(3)19)10-15(11)12(2)21-16-6-4-5-9-18(16)20/h4-10,12H,1-3H3,(H-,17,19,20)/p+1. The van der Waals surface area contributed by atoms with Gasteiger partial charge < -0.3 is 5.32 Å². The van der Waals surface area contributed by atoms with Crippen LogP contribution in [0.15, 0.2) is 47.6 Å². The summed E-state index contributed by atoms with van der Waals surface area (Å²) < 4.78 is 1.12. The van der Waals surface area contributed by atoms with Crippen LogP contribution < -0.4 is 10.0 Å². The SMILES string of the molecule is CC(=O)Nc1ccc(C)c(C(C)Sc2cccc[n+]2O)c1. The van der Waals surface area contributed by atoms with Crippen molar-refractivity contribution in [3.8, 4) is 0 Å². The number of aromatic nitrogens is 1. The maximum absolute atomic E-state index is 11.2. The van der Waals surface area contributed by atoms with Crippen molar-refractivity contribution >= 4 is 23.4 Å². The fourth-order valence-corrected chi connectivity index (χ4v) is 3.19. The summed E-state index contributed by atoms with van der Waals surface area (Å²) >= 11 is 1.57. The van der Waals surface area contributed by atoms with Gasteiger partial charge in [-0.2, -0.15) is 0 Å². The van der Waals surface area contributed by atoms with Crippen molar-refractivity contribution in [3.63, 3.8) is 0 Å². The molecule has 1 aromatic heterocycles. The molecule has 1 unspecified atom stereocenters. The molecule has 0 radical (unpaired) electrons. The van der Waals surface area contributed by atoms with E-state index >= 15 is 0 Å². The van der Waals surface area contributed by atoms with Gasteiger partial charge >= 0.3 is 0 Å². The number of hydrogen-bond donors (Lipinski definition) is 2. The van der Waals surface area contributed by atoms with Crippen LogP contribution in [0.2, 0.25) is 0 Å². The van der Waals surface area contributed by atoms with Crippen molar-refractivity contribution in [2.24, 2.45) is 0 Å². The third kappa shape index (κ3) is 3.98. The van der Waals surface area contributed by atoms with E-state index < -0.39 is 0 Å². The fraction of sp³-hybridized carbons (Fsp3) is 0.250. The molecule has 1 heterocycles. The summed E-state index contributed by atoms with van der Waals surface area (Å²) in [6.07, 6.45) is 1.61. The molecule has 110 valence electrons. The molecule has 0 saturated heterocycles. The van der Waals surface area contributed by atoms with Crippen LogP contribution in [0.3, 0.4) is 0 Å². The molecule has 0 bridgehead atoms. The second-order valence-corrected chi connectivity index (χ2v) is 6.26. The molecule has 1 aromatic carbocycles. The van der Waals surface area contributed by atoms with Gasteiger partial charge in [-0.15, -0.1) is 0 Å². The number of carbonyl (C=O) groups excluding carboxylic acids is 1. The molecular weight excluding hydrogens is 284 g/mol. The molecule has 1 atom stereocenters. The minimum Gasteiger partial charge on any atom is -0.326 e. The third-order valence-electron chi connectivity index (χ3n) is 3.14. The molecule has 2 aromatic rings. The van der Waals surface area contributed by atoms with E-state index in [-0.39, 0.29) is 11.2 Å². The second kappa shape index (κ2) is 6.63. The number of nitrogens with one attached hydrogen (secondary N) is 1. The molecular formula is C16H19N2O2S+. The Morgan fingerprint density at radius 1 is 1.33 bits per heavy atom. The van der Waals surface area contributed by atoms with Gasteiger partial charge in [0.05, 0.1) is 0 Å². The van der Waals surface area contributed by atoms with Crippen LogP contribution in [0.4, 0.5) is 5.69 Å². The van der Waals surface area contributed by atoms with E-state index in [1.165, 1.54) is 6.92 Å². The van der Waals surface area contributed by atoms with E-state index in [1.807, 2.05) is 37.3 Å².